The largest absolute Gasteiger partial charge is 0.490 e. The second kappa shape index (κ2) is 10.2. The molecule has 1 N–H and O–H groups in total. The topological polar surface area (TPSA) is 50.3 Å². The third-order valence-corrected chi connectivity index (χ3v) is 4.94. The van der Waals surface area contributed by atoms with Crippen LogP contribution >= 0.6 is 11.6 Å². The van der Waals surface area contributed by atoms with Gasteiger partial charge in [0.25, 0.3) is 0 Å². The minimum Gasteiger partial charge on any atom is -0.490 e. The van der Waals surface area contributed by atoms with Crippen LogP contribution in [0, 0.1) is 6.92 Å². The molecular formula is C23H27ClN4O. The van der Waals surface area contributed by atoms with Crippen LogP contribution in [0.5, 0.6) is 5.75 Å². The summed E-state index contributed by atoms with van der Waals surface area (Å²) < 4.78 is 6.03. The standard InChI is InChI=1S/C23H27ClN4O/c1-4-28(5-2)14-15-29-22-9-7-6-8-20(22)26-23-25-17(3)16-21(27-23)18-10-12-19(24)13-11-18/h6-13,16H,4-5,14-15H2,1-3H3,(H,25,26,27). The van der Waals surface area contributed by atoms with E-state index in [4.69, 9.17) is 16.3 Å². The predicted octanol–water partition coefficient (Wildman–Crippen LogP) is 5.57. The van der Waals surface area contributed by atoms with Gasteiger partial charge in [-0.1, -0.05) is 49.7 Å². The van der Waals surface area contributed by atoms with Gasteiger partial charge in [0.2, 0.25) is 5.95 Å². The lowest BCUT2D eigenvalue weighted by Gasteiger charge is -2.19. The fraction of sp³-hybridized carbons (Fsp3) is 0.304. The van der Waals surface area contributed by atoms with Crippen LogP contribution in [0.1, 0.15) is 19.5 Å². The second-order valence-corrected chi connectivity index (χ2v) is 7.16. The molecule has 3 rings (SSSR count). The van der Waals surface area contributed by atoms with Crippen LogP contribution < -0.4 is 10.1 Å². The summed E-state index contributed by atoms with van der Waals surface area (Å²) in [7, 11) is 0. The van der Waals surface area contributed by atoms with Gasteiger partial charge in [-0.3, -0.25) is 0 Å². The van der Waals surface area contributed by atoms with E-state index in [0.717, 1.165) is 48.0 Å². The van der Waals surface area contributed by atoms with Crippen LogP contribution in [0.4, 0.5) is 11.6 Å². The first-order chi connectivity index (χ1) is 14.1. The summed E-state index contributed by atoms with van der Waals surface area (Å²) in [4.78, 5) is 11.5. The van der Waals surface area contributed by atoms with E-state index in [1.807, 2.05) is 61.5 Å². The van der Waals surface area contributed by atoms with Gasteiger partial charge in [-0.25, -0.2) is 9.97 Å². The molecule has 0 atom stereocenters. The highest BCUT2D eigenvalue weighted by Gasteiger charge is 2.09. The zero-order chi connectivity index (χ0) is 20.6. The summed E-state index contributed by atoms with van der Waals surface area (Å²) in [5, 5.41) is 4.02. The summed E-state index contributed by atoms with van der Waals surface area (Å²) >= 11 is 6.00. The van der Waals surface area contributed by atoms with Crippen molar-refractivity contribution in [1.82, 2.24) is 14.9 Å². The molecule has 0 saturated heterocycles. The van der Waals surface area contributed by atoms with Crippen LogP contribution in [0.2, 0.25) is 5.02 Å². The van der Waals surface area contributed by atoms with Gasteiger partial charge in [-0.2, -0.15) is 0 Å². The number of nitrogens with zero attached hydrogens (tertiary/aromatic N) is 3. The lowest BCUT2D eigenvalue weighted by Crippen LogP contribution is -2.28. The Morgan fingerprint density at radius 1 is 1.00 bits per heavy atom. The van der Waals surface area contributed by atoms with Crippen molar-refractivity contribution in [3.8, 4) is 17.0 Å². The van der Waals surface area contributed by atoms with Gasteiger partial charge in [0.1, 0.15) is 12.4 Å². The number of nitrogens with one attached hydrogen (secondary N) is 1. The second-order valence-electron chi connectivity index (χ2n) is 6.72. The Kier molecular flexibility index (Phi) is 7.44. The van der Waals surface area contributed by atoms with E-state index in [2.05, 4.69) is 34.0 Å². The Labute approximate surface area is 177 Å². The minimum atomic E-state index is 0.537. The maximum absolute atomic E-state index is 6.03. The van der Waals surface area contributed by atoms with Gasteiger partial charge in [-0.15, -0.1) is 0 Å². The summed E-state index contributed by atoms with van der Waals surface area (Å²) in [6, 6.07) is 17.5. The fourth-order valence-electron chi connectivity index (χ4n) is 3.03. The Morgan fingerprint density at radius 3 is 2.45 bits per heavy atom. The van der Waals surface area contributed by atoms with E-state index >= 15 is 0 Å². The van der Waals surface area contributed by atoms with Crippen molar-refractivity contribution in [2.45, 2.75) is 20.8 Å². The molecule has 0 unspecified atom stereocenters. The number of para-hydroxylation sites is 2. The molecule has 6 heteroatoms. The predicted molar refractivity (Wildman–Crippen MR) is 120 cm³/mol. The molecule has 152 valence electrons. The molecule has 0 fully saturated rings. The van der Waals surface area contributed by atoms with Gasteiger partial charge in [0.15, 0.2) is 0 Å². The van der Waals surface area contributed by atoms with E-state index < -0.39 is 0 Å². The van der Waals surface area contributed by atoms with Crippen LogP contribution in [0.3, 0.4) is 0 Å². The number of hydrogen-bond donors (Lipinski definition) is 1. The number of rotatable bonds is 9. The quantitative estimate of drug-likeness (QED) is 0.499. The average molecular weight is 411 g/mol. The molecule has 0 saturated carbocycles. The molecule has 0 spiro atoms. The Balaban J connectivity index is 1.77. The lowest BCUT2D eigenvalue weighted by molar-refractivity contribution is 0.223. The molecule has 0 aliphatic carbocycles. The van der Waals surface area contributed by atoms with Gasteiger partial charge in [-0.05, 0) is 50.3 Å². The molecule has 5 nitrogen and oxygen atoms in total. The molecule has 0 bridgehead atoms. The van der Waals surface area contributed by atoms with Crippen molar-refractivity contribution in [2.75, 3.05) is 31.6 Å². The van der Waals surface area contributed by atoms with Gasteiger partial charge in [0, 0.05) is 22.8 Å². The lowest BCUT2D eigenvalue weighted by atomic mass is 10.1. The molecule has 0 aliphatic rings. The van der Waals surface area contributed by atoms with E-state index in [1.165, 1.54) is 0 Å². The maximum Gasteiger partial charge on any atom is 0.228 e. The first kappa shape index (κ1) is 21.1. The van der Waals surface area contributed by atoms with E-state index in [0.29, 0.717) is 17.6 Å². The number of hydrogen-bond acceptors (Lipinski definition) is 5. The Hall–Kier alpha value is -2.63. The van der Waals surface area contributed by atoms with Crippen molar-refractivity contribution in [3.05, 3.63) is 65.3 Å². The number of ether oxygens (including phenoxy) is 1. The number of aromatic nitrogens is 2. The molecule has 2 aromatic carbocycles. The fourth-order valence-corrected chi connectivity index (χ4v) is 3.16. The first-order valence-electron chi connectivity index (χ1n) is 9.92. The molecular weight excluding hydrogens is 384 g/mol. The third-order valence-electron chi connectivity index (χ3n) is 4.69. The molecule has 0 amide bonds. The SMILES string of the molecule is CCN(CC)CCOc1ccccc1Nc1nc(C)cc(-c2ccc(Cl)cc2)n1. The average Bonchev–Trinajstić information content (AvgIpc) is 2.72. The highest BCUT2D eigenvalue weighted by atomic mass is 35.5. The maximum atomic E-state index is 6.03. The van der Waals surface area contributed by atoms with Crippen molar-refractivity contribution in [2.24, 2.45) is 0 Å². The molecule has 1 heterocycles. The first-order valence-corrected chi connectivity index (χ1v) is 10.3. The van der Waals surface area contributed by atoms with E-state index in [1.54, 1.807) is 0 Å². The summed E-state index contributed by atoms with van der Waals surface area (Å²) in [6.45, 7) is 9.83. The minimum absolute atomic E-state index is 0.537. The summed E-state index contributed by atoms with van der Waals surface area (Å²) in [6.07, 6.45) is 0. The van der Waals surface area contributed by atoms with Crippen molar-refractivity contribution in [1.29, 1.82) is 0 Å². The molecule has 0 radical (unpaired) electrons. The zero-order valence-corrected chi connectivity index (χ0v) is 17.9. The van der Waals surface area contributed by atoms with Gasteiger partial charge >= 0.3 is 0 Å². The molecule has 29 heavy (non-hydrogen) atoms. The number of benzene rings is 2. The van der Waals surface area contributed by atoms with Crippen molar-refractivity contribution < 1.29 is 4.74 Å². The normalized spacial score (nSPS) is 10.9. The molecule has 0 aliphatic heterocycles. The smallest absolute Gasteiger partial charge is 0.228 e. The number of likely N-dealkylation sites (N-methyl/N-ethyl adjacent to an activating group) is 1. The number of halogens is 1. The van der Waals surface area contributed by atoms with Crippen molar-refractivity contribution >= 4 is 23.2 Å². The number of aryl methyl sites for hydroxylation is 1. The van der Waals surface area contributed by atoms with E-state index in [9.17, 15) is 0 Å². The van der Waals surface area contributed by atoms with Crippen LogP contribution in [0.25, 0.3) is 11.3 Å². The Bertz CT molecular complexity index is 926. The van der Waals surface area contributed by atoms with Crippen LogP contribution in [0.15, 0.2) is 54.6 Å². The van der Waals surface area contributed by atoms with Crippen LogP contribution in [-0.2, 0) is 0 Å². The van der Waals surface area contributed by atoms with Crippen molar-refractivity contribution in [3.63, 3.8) is 0 Å². The highest BCUT2D eigenvalue weighted by Crippen LogP contribution is 2.28. The van der Waals surface area contributed by atoms with Crippen LogP contribution in [-0.4, -0.2) is 41.1 Å². The van der Waals surface area contributed by atoms with Gasteiger partial charge < -0.3 is 15.0 Å². The zero-order valence-electron chi connectivity index (χ0n) is 17.2. The highest BCUT2D eigenvalue weighted by molar-refractivity contribution is 6.30. The van der Waals surface area contributed by atoms with E-state index in [-0.39, 0.29) is 0 Å². The summed E-state index contributed by atoms with van der Waals surface area (Å²) in [5.74, 6) is 1.33. The molecule has 3 aromatic rings. The van der Waals surface area contributed by atoms with Gasteiger partial charge in [0.05, 0.1) is 11.4 Å². The Morgan fingerprint density at radius 2 is 1.72 bits per heavy atom. The summed E-state index contributed by atoms with van der Waals surface area (Å²) in [5.41, 5.74) is 3.57. The number of anilines is 2. The third kappa shape index (κ3) is 5.92. The monoisotopic (exact) mass is 410 g/mol. The molecule has 1 aromatic heterocycles.